The monoisotopic (exact) mass is 691 g/mol. The number of anilines is 1. The molecular formula is C31H39Cl2N7O5S. The summed E-state index contributed by atoms with van der Waals surface area (Å²) in [5.74, 6) is 1.97. The van der Waals surface area contributed by atoms with Crippen molar-refractivity contribution in [3.63, 3.8) is 0 Å². The molecule has 1 aromatic carbocycles. The summed E-state index contributed by atoms with van der Waals surface area (Å²) < 4.78 is 34.0. The first kappa shape index (κ1) is 34.1. The quantitative estimate of drug-likeness (QED) is 0.287. The van der Waals surface area contributed by atoms with Crippen LogP contribution in [0.25, 0.3) is 11.3 Å². The number of hydrogen-bond donors (Lipinski definition) is 1. The van der Waals surface area contributed by atoms with Gasteiger partial charge >= 0.3 is 6.09 Å². The van der Waals surface area contributed by atoms with Gasteiger partial charge in [0.2, 0.25) is 11.8 Å². The minimum Gasteiger partial charge on any atom is -0.449 e. The Bertz CT molecular complexity index is 1580. The molecule has 2 aliphatic heterocycles. The first-order chi connectivity index (χ1) is 22.0. The molecule has 12 nitrogen and oxygen atoms in total. The molecule has 2 aliphatic rings. The number of carbonyl (C=O) groups is 1. The first-order valence-electron chi connectivity index (χ1n) is 15.3. The molecule has 248 valence electrons. The van der Waals surface area contributed by atoms with Gasteiger partial charge in [-0.25, -0.2) is 28.2 Å². The maximum atomic E-state index is 11.4. The van der Waals surface area contributed by atoms with Crippen molar-refractivity contribution < 1.29 is 22.7 Å². The molecule has 0 aliphatic carbocycles. The molecule has 0 unspecified atom stereocenters. The normalized spacial score (nSPS) is 16.8. The van der Waals surface area contributed by atoms with Gasteiger partial charge < -0.3 is 20.1 Å². The summed E-state index contributed by atoms with van der Waals surface area (Å²) >= 11 is 12.6. The largest absolute Gasteiger partial charge is 0.449 e. The Morgan fingerprint density at radius 3 is 2.26 bits per heavy atom. The topological polar surface area (TPSA) is 144 Å². The number of piperidine rings is 1. The standard InChI is InChI=1S/C31H39Cl2N7O5S/c1-46(42,43)12-2-5-38-8-10-40(11-9-38)31-35-18-27(19-36-31)45-29-14-23(13-28(37-29)24-15-25(32)17-26(33)16-24)20-39-6-3-22(4-7-39)21-44-30(34)41/h13-19,22H,2-12,20-21H2,1H3,(H2,34,41). The lowest BCUT2D eigenvalue weighted by Crippen LogP contribution is -2.47. The van der Waals surface area contributed by atoms with Gasteiger partial charge in [-0.15, -0.1) is 0 Å². The lowest BCUT2D eigenvalue weighted by molar-refractivity contribution is 0.1000. The van der Waals surface area contributed by atoms with Gasteiger partial charge in [0.05, 0.1) is 30.4 Å². The Morgan fingerprint density at radius 2 is 1.63 bits per heavy atom. The molecule has 5 rings (SSSR count). The highest BCUT2D eigenvalue weighted by molar-refractivity contribution is 7.90. The lowest BCUT2D eigenvalue weighted by atomic mass is 9.97. The van der Waals surface area contributed by atoms with E-state index < -0.39 is 15.9 Å². The van der Waals surface area contributed by atoms with Crippen molar-refractivity contribution in [3.05, 3.63) is 58.3 Å². The Balaban J connectivity index is 1.24. The minimum atomic E-state index is -2.94. The molecule has 2 fully saturated rings. The summed E-state index contributed by atoms with van der Waals surface area (Å²) in [6.07, 6.45) is 6.26. The van der Waals surface area contributed by atoms with Gasteiger partial charge in [0, 0.05) is 60.7 Å². The van der Waals surface area contributed by atoms with Gasteiger partial charge in [-0.2, -0.15) is 0 Å². The van der Waals surface area contributed by atoms with Crippen molar-refractivity contribution in [1.82, 2.24) is 24.8 Å². The third-order valence-corrected chi connectivity index (χ3v) is 9.54. The Hall–Kier alpha value is -3.23. The summed E-state index contributed by atoms with van der Waals surface area (Å²) in [5, 5.41) is 1.02. The molecular weight excluding hydrogens is 653 g/mol. The average Bonchev–Trinajstić information content (AvgIpc) is 3.00. The van der Waals surface area contributed by atoms with Crippen molar-refractivity contribution in [2.75, 3.05) is 69.3 Å². The van der Waals surface area contributed by atoms with Crippen LogP contribution in [-0.4, -0.2) is 104 Å². The van der Waals surface area contributed by atoms with Crippen molar-refractivity contribution in [3.8, 4) is 22.9 Å². The van der Waals surface area contributed by atoms with Gasteiger partial charge in [-0.3, -0.25) is 9.80 Å². The van der Waals surface area contributed by atoms with Gasteiger partial charge in [0.15, 0.2) is 5.75 Å². The zero-order valence-electron chi connectivity index (χ0n) is 25.8. The molecule has 0 spiro atoms. The number of nitrogens with two attached hydrogens (primary N) is 1. The van der Waals surface area contributed by atoms with E-state index in [1.165, 1.54) is 6.26 Å². The molecule has 1 amide bonds. The van der Waals surface area contributed by atoms with Crippen LogP contribution in [0.4, 0.5) is 10.7 Å². The van der Waals surface area contributed by atoms with Crippen LogP contribution in [0.3, 0.4) is 0 Å². The number of benzene rings is 1. The number of aromatic nitrogens is 3. The number of primary amides is 1. The molecule has 2 N–H and O–H groups in total. The molecule has 4 heterocycles. The van der Waals surface area contributed by atoms with Crippen LogP contribution in [0, 0.1) is 5.92 Å². The number of ether oxygens (including phenoxy) is 2. The van der Waals surface area contributed by atoms with Gasteiger partial charge in [0.1, 0.15) is 9.84 Å². The van der Waals surface area contributed by atoms with Gasteiger partial charge in [-0.05, 0) is 74.6 Å². The van der Waals surface area contributed by atoms with Crippen LogP contribution >= 0.6 is 23.2 Å². The third-order valence-electron chi connectivity index (χ3n) is 8.08. The fourth-order valence-electron chi connectivity index (χ4n) is 5.69. The molecule has 2 aromatic heterocycles. The van der Waals surface area contributed by atoms with Gasteiger partial charge in [-0.1, -0.05) is 23.2 Å². The van der Waals surface area contributed by atoms with Crippen LogP contribution in [0.1, 0.15) is 24.8 Å². The first-order valence-corrected chi connectivity index (χ1v) is 18.1. The van der Waals surface area contributed by atoms with Crippen LogP contribution < -0.4 is 15.4 Å². The summed E-state index contributed by atoms with van der Waals surface area (Å²) in [7, 11) is -2.94. The van der Waals surface area contributed by atoms with Crippen LogP contribution in [0.5, 0.6) is 11.6 Å². The maximum Gasteiger partial charge on any atom is 0.404 e. The second-order valence-corrected chi connectivity index (χ2v) is 15.0. The Morgan fingerprint density at radius 1 is 0.957 bits per heavy atom. The molecule has 0 saturated carbocycles. The SMILES string of the molecule is CS(=O)(=O)CCCN1CCN(c2ncc(Oc3cc(CN4CCC(COC(N)=O)CC4)cc(-c4cc(Cl)cc(Cl)c4)n3)cn2)CC1. The molecule has 15 heteroatoms. The zero-order valence-corrected chi connectivity index (χ0v) is 28.1. The number of amides is 1. The van der Waals surface area contributed by atoms with E-state index in [1.807, 2.05) is 24.3 Å². The highest BCUT2D eigenvalue weighted by Gasteiger charge is 2.22. The number of pyridine rings is 1. The van der Waals surface area contributed by atoms with E-state index in [0.717, 1.165) is 69.8 Å². The number of nitrogens with zero attached hydrogens (tertiary/aromatic N) is 6. The van der Waals surface area contributed by atoms with Crippen LogP contribution in [0.2, 0.25) is 10.0 Å². The summed E-state index contributed by atoms with van der Waals surface area (Å²) in [6.45, 7) is 6.64. The summed E-state index contributed by atoms with van der Waals surface area (Å²) in [4.78, 5) is 31.6. The predicted molar refractivity (Wildman–Crippen MR) is 178 cm³/mol. The molecule has 0 radical (unpaired) electrons. The number of sulfone groups is 1. The van der Waals surface area contributed by atoms with E-state index in [4.69, 9.17) is 43.4 Å². The second-order valence-electron chi connectivity index (χ2n) is 11.8. The van der Waals surface area contributed by atoms with Crippen molar-refractivity contribution in [2.45, 2.75) is 25.8 Å². The Labute approximate surface area is 279 Å². The highest BCUT2D eigenvalue weighted by atomic mass is 35.5. The van der Waals surface area contributed by atoms with E-state index in [1.54, 1.807) is 18.5 Å². The summed E-state index contributed by atoms with van der Waals surface area (Å²) in [5.41, 5.74) is 7.58. The van der Waals surface area contributed by atoms with Crippen LogP contribution in [0.15, 0.2) is 42.7 Å². The van der Waals surface area contributed by atoms with E-state index in [2.05, 4.69) is 24.7 Å². The van der Waals surface area contributed by atoms with Crippen molar-refractivity contribution in [1.29, 1.82) is 0 Å². The average molecular weight is 693 g/mol. The zero-order chi connectivity index (χ0) is 32.7. The fourth-order valence-corrected chi connectivity index (χ4v) is 6.87. The number of rotatable bonds is 12. The molecule has 0 bridgehead atoms. The van der Waals surface area contributed by atoms with Crippen LogP contribution in [-0.2, 0) is 21.1 Å². The lowest BCUT2D eigenvalue weighted by Gasteiger charge is -2.34. The molecule has 3 aromatic rings. The van der Waals surface area contributed by atoms with E-state index >= 15 is 0 Å². The number of halogens is 2. The second kappa shape index (κ2) is 15.6. The number of hydrogen-bond acceptors (Lipinski definition) is 11. The molecule has 46 heavy (non-hydrogen) atoms. The highest BCUT2D eigenvalue weighted by Crippen LogP contribution is 2.31. The van der Waals surface area contributed by atoms with E-state index in [-0.39, 0.29) is 5.75 Å². The molecule has 2 saturated heterocycles. The van der Waals surface area contributed by atoms with Crippen molar-refractivity contribution >= 4 is 45.1 Å². The van der Waals surface area contributed by atoms with E-state index in [0.29, 0.717) is 58.8 Å². The minimum absolute atomic E-state index is 0.206. The number of likely N-dealkylation sites (tertiary alicyclic amines) is 1. The van der Waals surface area contributed by atoms with Gasteiger partial charge in [0.25, 0.3) is 0 Å². The predicted octanol–water partition coefficient (Wildman–Crippen LogP) is 4.50. The maximum absolute atomic E-state index is 11.4. The van der Waals surface area contributed by atoms with E-state index in [9.17, 15) is 13.2 Å². The fraction of sp³-hybridized carbons (Fsp3) is 0.484. The third kappa shape index (κ3) is 10.4. The smallest absolute Gasteiger partial charge is 0.404 e. The molecule has 0 atom stereocenters. The summed E-state index contributed by atoms with van der Waals surface area (Å²) in [6, 6.07) is 9.23. The number of piperazine rings is 1. The number of carbonyl (C=O) groups excluding carboxylic acids is 1. The Kier molecular flexibility index (Phi) is 11.5. The van der Waals surface area contributed by atoms with Crippen molar-refractivity contribution in [2.24, 2.45) is 11.7 Å².